The van der Waals surface area contributed by atoms with E-state index in [1.54, 1.807) is 0 Å². The van der Waals surface area contributed by atoms with Gasteiger partial charge in [-0.2, -0.15) is 0 Å². The zero-order valence-corrected chi connectivity index (χ0v) is 8.56. The van der Waals surface area contributed by atoms with Crippen LogP contribution in [-0.2, 0) is 0 Å². The average molecular weight is 196 g/mol. The molecular formula is C14H14N. The van der Waals surface area contributed by atoms with E-state index < -0.39 is 0 Å². The van der Waals surface area contributed by atoms with Crippen LogP contribution >= 0.6 is 0 Å². The SMILES string of the molecule is [CH2]C(Nc1ccccc1)c1ccccc1. The number of para-hydroxylation sites is 1. The van der Waals surface area contributed by atoms with Gasteiger partial charge < -0.3 is 5.32 Å². The summed E-state index contributed by atoms with van der Waals surface area (Å²) in [6, 6.07) is 20.4. The summed E-state index contributed by atoms with van der Waals surface area (Å²) in [5.74, 6) is 0. The Morgan fingerprint density at radius 3 is 1.93 bits per heavy atom. The van der Waals surface area contributed by atoms with Gasteiger partial charge in [-0.05, 0) is 24.6 Å². The van der Waals surface area contributed by atoms with E-state index in [1.165, 1.54) is 5.56 Å². The fourth-order valence-electron chi connectivity index (χ4n) is 1.50. The van der Waals surface area contributed by atoms with Gasteiger partial charge in [-0.15, -0.1) is 0 Å². The van der Waals surface area contributed by atoms with Crippen molar-refractivity contribution in [2.24, 2.45) is 0 Å². The zero-order chi connectivity index (χ0) is 10.5. The number of rotatable bonds is 3. The lowest BCUT2D eigenvalue weighted by Gasteiger charge is -2.15. The fourth-order valence-corrected chi connectivity index (χ4v) is 1.50. The van der Waals surface area contributed by atoms with Crippen LogP contribution in [-0.4, -0.2) is 0 Å². The molecule has 0 amide bonds. The Bertz CT molecular complexity index is 394. The Hall–Kier alpha value is -1.76. The van der Waals surface area contributed by atoms with Gasteiger partial charge in [0.25, 0.3) is 0 Å². The van der Waals surface area contributed by atoms with Crippen LogP contribution < -0.4 is 5.32 Å². The molecule has 0 bridgehead atoms. The third kappa shape index (κ3) is 2.59. The van der Waals surface area contributed by atoms with Gasteiger partial charge in [0.1, 0.15) is 0 Å². The molecule has 2 rings (SSSR count). The predicted molar refractivity (Wildman–Crippen MR) is 64.6 cm³/mol. The van der Waals surface area contributed by atoms with Gasteiger partial charge in [-0.1, -0.05) is 48.5 Å². The second-order valence-electron chi connectivity index (χ2n) is 3.47. The zero-order valence-electron chi connectivity index (χ0n) is 8.56. The number of hydrogen-bond donors (Lipinski definition) is 1. The molecule has 1 unspecified atom stereocenters. The van der Waals surface area contributed by atoms with E-state index in [1.807, 2.05) is 48.5 Å². The third-order valence-electron chi connectivity index (χ3n) is 2.32. The Morgan fingerprint density at radius 2 is 1.33 bits per heavy atom. The minimum absolute atomic E-state index is 0.0913. The molecule has 0 saturated heterocycles. The summed E-state index contributed by atoms with van der Waals surface area (Å²) in [6.07, 6.45) is 0. The van der Waals surface area contributed by atoms with Crippen LogP contribution in [0.15, 0.2) is 60.7 Å². The Morgan fingerprint density at radius 1 is 0.800 bits per heavy atom. The molecule has 1 nitrogen and oxygen atoms in total. The molecule has 0 heterocycles. The maximum atomic E-state index is 4.09. The van der Waals surface area contributed by atoms with Gasteiger partial charge in [0.15, 0.2) is 0 Å². The number of nitrogens with one attached hydrogen (secondary N) is 1. The van der Waals surface area contributed by atoms with E-state index in [2.05, 4.69) is 24.4 Å². The molecule has 0 spiro atoms. The van der Waals surface area contributed by atoms with Gasteiger partial charge in [0.2, 0.25) is 0 Å². The molecule has 1 heteroatoms. The first-order chi connectivity index (χ1) is 7.36. The molecule has 75 valence electrons. The van der Waals surface area contributed by atoms with Gasteiger partial charge in [-0.25, -0.2) is 0 Å². The molecule has 0 aliphatic rings. The summed E-state index contributed by atoms with van der Waals surface area (Å²) >= 11 is 0. The summed E-state index contributed by atoms with van der Waals surface area (Å²) in [6.45, 7) is 4.09. The van der Waals surface area contributed by atoms with Crippen molar-refractivity contribution in [3.63, 3.8) is 0 Å². The van der Waals surface area contributed by atoms with Crippen molar-refractivity contribution in [3.8, 4) is 0 Å². The highest BCUT2D eigenvalue weighted by Gasteiger charge is 2.03. The van der Waals surface area contributed by atoms with Crippen molar-refractivity contribution in [1.82, 2.24) is 0 Å². The van der Waals surface area contributed by atoms with Crippen LogP contribution in [0.2, 0.25) is 0 Å². The molecule has 0 aliphatic carbocycles. The normalized spacial score (nSPS) is 12.1. The molecule has 0 aliphatic heterocycles. The Kier molecular flexibility index (Phi) is 3.03. The van der Waals surface area contributed by atoms with E-state index in [0.29, 0.717) is 0 Å². The number of anilines is 1. The molecule has 0 saturated carbocycles. The molecule has 2 aromatic rings. The van der Waals surface area contributed by atoms with E-state index in [-0.39, 0.29) is 6.04 Å². The molecule has 1 atom stereocenters. The standard InChI is InChI=1S/C14H14N/c1-12(13-8-4-2-5-9-13)15-14-10-6-3-7-11-14/h2-12,15H,1H2. The highest BCUT2D eigenvalue weighted by atomic mass is 14.9. The molecule has 15 heavy (non-hydrogen) atoms. The first-order valence-corrected chi connectivity index (χ1v) is 5.06. The maximum absolute atomic E-state index is 4.09. The summed E-state index contributed by atoms with van der Waals surface area (Å²) in [7, 11) is 0. The topological polar surface area (TPSA) is 12.0 Å². The van der Waals surface area contributed by atoms with Crippen molar-refractivity contribution < 1.29 is 0 Å². The van der Waals surface area contributed by atoms with Gasteiger partial charge in [0.05, 0.1) is 6.04 Å². The predicted octanol–water partition coefficient (Wildman–Crippen LogP) is 3.67. The largest absolute Gasteiger partial charge is 0.378 e. The van der Waals surface area contributed by atoms with E-state index >= 15 is 0 Å². The highest BCUT2D eigenvalue weighted by Crippen LogP contribution is 2.17. The van der Waals surface area contributed by atoms with Crippen LogP contribution in [0, 0.1) is 6.92 Å². The van der Waals surface area contributed by atoms with Crippen LogP contribution in [0.3, 0.4) is 0 Å². The second kappa shape index (κ2) is 4.65. The summed E-state index contributed by atoms with van der Waals surface area (Å²) < 4.78 is 0. The molecule has 0 fully saturated rings. The molecular weight excluding hydrogens is 182 g/mol. The quantitative estimate of drug-likeness (QED) is 0.789. The highest BCUT2D eigenvalue weighted by molar-refractivity contribution is 5.45. The molecule has 0 aromatic heterocycles. The summed E-state index contributed by atoms with van der Waals surface area (Å²) in [5, 5.41) is 3.35. The minimum Gasteiger partial charge on any atom is -0.378 e. The van der Waals surface area contributed by atoms with E-state index in [4.69, 9.17) is 0 Å². The fraction of sp³-hybridized carbons (Fsp3) is 0.0714. The van der Waals surface area contributed by atoms with Crippen LogP contribution in [0.25, 0.3) is 0 Å². The first-order valence-electron chi connectivity index (χ1n) is 5.06. The molecule has 2 aromatic carbocycles. The lowest BCUT2D eigenvalue weighted by atomic mass is 10.1. The monoisotopic (exact) mass is 196 g/mol. The Labute approximate surface area is 90.8 Å². The van der Waals surface area contributed by atoms with Crippen molar-refractivity contribution in [1.29, 1.82) is 0 Å². The van der Waals surface area contributed by atoms with Crippen molar-refractivity contribution in [2.75, 3.05) is 5.32 Å². The summed E-state index contributed by atoms with van der Waals surface area (Å²) in [5.41, 5.74) is 2.29. The maximum Gasteiger partial charge on any atom is 0.0514 e. The average Bonchev–Trinajstić information content (AvgIpc) is 2.31. The smallest absolute Gasteiger partial charge is 0.0514 e. The van der Waals surface area contributed by atoms with Gasteiger partial charge in [0, 0.05) is 5.69 Å². The van der Waals surface area contributed by atoms with Crippen molar-refractivity contribution in [3.05, 3.63) is 73.2 Å². The summed E-state index contributed by atoms with van der Waals surface area (Å²) in [4.78, 5) is 0. The van der Waals surface area contributed by atoms with E-state index in [9.17, 15) is 0 Å². The van der Waals surface area contributed by atoms with Crippen LogP contribution in [0.1, 0.15) is 11.6 Å². The third-order valence-corrected chi connectivity index (χ3v) is 2.32. The molecule has 1 radical (unpaired) electrons. The first kappa shape index (κ1) is 9.78. The van der Waals surface area contributed by atoms with Crippen LogP contribution in [0.5, 0.6) is 0 Å². The Balaban J connectivity index is 2.08. The lowest BCUT2D eigenvalue weighted by Crippen LogP contribution is -2.06. The van der Waals surface area contributed by atoms with Crippen molar-refractivity contribution in [2.45, 2.75) is 6.04 Å². The van der Waals surface area contributed by atoms with Crippen LogP contribution in [0.4, 0.5) is 5.69 Å². The number of hydrogen-bond acceptors (Lipinski definition) is 1. The van der Waals surface area contributed by atoms with E-state index in [0.717, 1.165) is 5.69 Å². The van der Waals surface area contributed by atoms with Gasteiger partial charge >= 0.3 is 0 Å². The minimum atomic E-state index is 0.0913. The number of benzene rings is 2. The lowest BCUT2D eigenvalue weighted by molar-refractivity contribution is 0.982. The second-order valence-corrected chi connectivity index (χ2v) is 3.47. The van der Waals surface area contributed by atoms with Gasteiger partial charge in [-0.3, -0.25) is 0 Å². The van der Waals surface area contributed by atoms with Crippen molar-refractivity contribution >= 4 is 5.69 Å². The molecule has 1 N–H and O–H groups in total.